The topological polar surface area (TPSA) is 58.6 Å². The van der Waals surface area contributed by atoms with E-state index in [-0.39, 0.29) is 12.5 Å². The number of hydrogen-bond acceptors (Lipinski definition) is 3. The van der Waals surface area contributed by atoms with Crippen molar-refractivity contribution >= 4 is 29.3 Å². The Morgan fingerprint density at radius 2 is 2.06 bits per heavy atom. The first-order valence-corrected chi connectivity index (χ1v) is 5.26. The summed E-state index contributed by atoms with van der Waals surface area (Å²) in [6, 6.07) is 6.86. The van der Waals surface area contributed by atoms with Crippen LogP contribution in [0.15, 0.2) is 24.3 Å². The molecule has 0 saturated heterocycles. The number of carbonyl (C=O) groups is 2. The van der Waals surface area contributed by atoms with Crippen LogP contribution in [0.5, 0.6) is 0 Å². The van der Waals surface area contributed by atoms with E-state index in [1.807, 2.05) is 0 Å². The van der Waals surface area contributed by atoms with Crippen LogP contribution in [0, 0.1) is 0 Å². The molecule has 0 spiro atoms. The zero-order chi connectivity index (χ0) is 12.8. The van der Waals surface area contributed by atoms with Crippen molar-refractivity contribution in [3.05, 3.63) is 29.3 Å². The summed E-state index contributed by atoms with van der Waals surface area (Å²) in [6.07, 6.45) is -0.570. The third-order valence-corrected chi connectivity index (χ3v) is 2.34. The summed E-state index contributed by atoms with van der Waals surface area (Å²) in [5, 5.41) is 3.05. The Bertz CT molecular complexity index is 423. The van der Waals surface area contributed by atoms with Gasteiger partial charge >= 0.3 is 6.09 Å². The van der Waals surface area contributed by atoms with Gasteiger partial charge in [0.1, 0.15) is 6.54 Å². The molecule has 0 atom stereocenters. The minimum Gasteiger partial charge on any atom is -0.453 e. The molecule has 0 saturated carbocycles. The number of methoxy groups -OCH3 is 1. The number of halogens is 1. The smallest absolute Gasteiger partial charge is 0.409 e. The lowest BCUT2D eigenvalue weighted by Gasteiger charge is -2.15. The normalized spacial score (nSPS) is 9.59. The standard InChI is InChI=1S/C11H13ClN2O3/c1-14(11(16)17-2)7-10(15)13-9-6-4-3-5-8(9)12/h3-6H,7H2,1-2H3,(H,13,15). The van der Waals surface area contributed by atoms with Crippen LogP contribution in [-0.4, -0.2) is 37.6 Å². The SMILES string of the molecule is COC(=O)N(C)CC(=O)Nc1ccccc1Cl. The summed E-state index contributed by atoms with van der Waals surface area (Å²) in [5.41, 5.74) is 0.512. The number of nitrogens with one attached hydrogen (secondary N) is 1. The van der Waals surface area contributed by atoms with E-state index in [4.69, 9.17) is 11.6 Å². The fourth-order valence-corrected chi connectivity index (χ4v) is 1.37. The van der Waals surface area contributed by atoms with Crippen LogP contribution >= 0.6 is 11.6 Å². The Kier molecular flexibility index (Phi) is 4.78. The summed E-state index contributed by atoms with van der Waals surface area (Å²) < 4.78 is 4.47. The molecule has 17 heavy (non-hydrogen) atoms. The minimum absolute atomic E-state index is 0.0993. The largest absolute Gasteiger partial charge is 0.453 e. The van der Waals surface area contributed by atoms with E-state index in [9.17, 15) is 9.59 Å². The Balaban J connectivity index is 2.56. The van der Waals surface area contributed by atoms with Crippen LogP contribution in [0.3, 0.4) is 0 Å². The molecule has 1 aromatic carbocycles. The van der Waals surface area contributed by atoms with Gasteiger partial charge in [0, 0.05) is 7.05 Å². The highest BCUT2D eigenvalue weighted by Gasteiger charge is 2.13. The summed E-state index contributed by atoms with van der Waals surface area (Å²) in [4.78, 5) is 23.8. The molecule has 6 heteroatoms. The molecule has 0 radical (unpaired) electrons. The predicted octanol–water partition coefficient (Wildman–Crippen LogP) is 1.98. The number of amides is 2. The third-order valence-electron chi connectivity index (χ3n) is 2.02. The molecule has 0 unspecified atom stereocenters. The zero-order valence-corrected chi connectivity index (χ0v) is 10.3. The van der Waals surface area contributed by atoms with Crippen LogP contribution in [0.4, 0.5) is 10.5 Å². The average Bonchev–Trinajstić information content (AvgIpc) is 2.31. The maximum Gasteiger partial charge on any atom is 0.409 e. The molecule has 0 fully saturated rings. The first-order valence-electron chi connectivity index (χ1n) is 4.88. The maximum atomic E-state index is 11.6. The highest BCUT2D eigenvalue weighted by molar-refractivity contribution is 6.33. The van der Waals surface area contributed by atoms with E-state index in [1.165, 1.54) is 14.2 Å². The molecule has 0 aliphatic heterocycles. The minimum atomic E-state index is -0.570. The summed E-state index contributed by atoms with van der Waals surface area (Å²) in [6.45, 7) is -0.0993. The fourth-order valence-electron chi connectivity index (χ4n) is 1.19. The van der Waals surface area contributed by atoms with Gasteiger partial charge in [0.25, 0.3) is 0 Å². The maximum absolute atomic E-state index is 11.6. The van der Waals surface area contributed by atoms with Crippen molar-refractivity contribution in [1.82, 2.24) is 4.90 Å². The quantitative estimate of drug-likeness (QED) is 0.900. The van der Waals surface area contributed by atoms with Crippen molar-refractivity contribution in [2.45, 2.75) is 0 Å². The van der Waals surface area contributed by atoms with E-state index in [2.05, 4.69) is 10.1 Å². The molecule has 0 aromatic heterocycles. The number of nitrogens with zero attached hydrogens (tertiary/aromatic N) is 1. The second-order valence-corrected chi connectivity index (χ2v) is 3.76. The summed E-state index contributed by atoms with van der Waals surface area (Å²) >= 11 is 5.87. The lowest BCUT2D eigenvalue weighted by Crippen LogP contribution is -2.34. The Morgan fingerprint density at radius 3 is 2.65 bits per heavy atom. The molecule has 5 nitrogen and oxygen atoms in total. The van der Waals surface area contributed by atoms with Gasteiger partial charge in [-0.15, -0.1) is 0 Å². The van der Waals surface area contributed by atoms with Gasteiger partial charge < -0.3 is 15.0 Å². The average molecular weight is 257 g/mol. The number of rotatable bonds is 3. The van der Waals surface area contributed by atoms with E-state index >= 15 is 0 Å². The zero-order valence-electron chi connectivity index (χ0n) is 9.57. The Morgan fingerprint density at radius 1 is 1.41 bits per heavy atom. The number of anilines is 1. The molecule has 0 aliphatic carbocycles. The van der Waals surface area contributed by atoms with E-state index in [0.29, 0.717) is 10.7 Å². The van der Waals surface area contributed by atoms with Gasteiger partial charge in [0.15, 0.2) is 0 Å². The number of ether oxygens (including phenoxy) is 1. The van der Waals surface area contributed by atoms with Gasteiger partial charge in [0.05, 0.1) is 17.8 Å². The summed E-state index contributed by atoms with van der Waals surface area (Å²) in [5.74, 6) is -0.342. The molecule has 1 rings (SSSR count). The lowest BCUT2D eigenvalue weighted by atomic mass is 10.3. The van der Waals surface area contributed by atoms with E-state index in [0.717, 1.165) is 4.90 Å². The Hall–Kier alpha value is -1.75. The van der Waals surface area contributed by atoms with Crippen LogP contribution in [0.25, 0.3) is 0 Å². The monoisotopic (exact) mass is 256 g/mol. The molecule has 0 bridgehead atoms. The van der Waals surface area contributed by atoms with E-state index in [1.54, 1.807) is 24.3 Å². The van der Waals surface area contributed by atoms with Crippen molar-refractivity contribution in [3.8, 4) is 0 Å². The van der Waals surface area contributed by atoms with Gasteiger partial charge in [-0.25, -0.2) is 4.79 Å². The number of likely N-dealkylation sites (N-methyl/N-ethyl adjacent to an activating group) is 1. The first-order chi connectivity index (χ1) is 8.04. The van der Waals surface area contributed by atoms with Crippen molar-refractivity contribution in [3.63, 3.8) is 0 Å². The van der Waals surface area contributed by atoms with E-state index < -0.39 is 6.09 Å². The van der Waals surface area contributed by atoms with Crippen LogP contribution in [-0.2, 0) is 9.53 Å². The molecule has 92 valence electrons. The van der Waals surface area contributed by atoms with Crippen molar-refractivity contribution < 1.29 is 14.3 Å². The lowest BCUT2D eigenvalue weighted by molar-refractivity contribution is -0.116. The highest BCUT2D eigenvalue weighted by Crippen LogP contribution is 2.20. The molecule has 0 heterocycles. The van der Waals surface area contributed by atoms with Crippen LogP contribution in [0.1, 0.15) is 0 Å². The van der Waals surface area contributed by atoms with Gasteiger partial charge in [-0.05, 0) is 12.1 Å². The predicted molar refractivity (Wildman–Crippen MR) is 65.1 cm³/mol. The van der Waals surface area contributed by atoms with Gasteiger partial charge in [-0.2, -0.15) is 0 Å². The number of para-hydroxylation sites is 1. The molecule has 1 N–H and O–H groups in total. The van der Waals surface area contributed by atoms with Crippen LogP contribution in [0.2, 0.25) is 5.02 Å². The van der Waals surface area contributed by atoms with Gasteiger partial charge in [-0.1, -0.05) is 23.7 Å². The van der Waals surface area contributed by atoms with Crippen LogP contribution < -0.4 is 5.32 Å². The number of hydrogen-bond donors (Lipinski definition) is 1. The van der Waals surface area contributed by atoms with Gasteiger partial charge in [-0.3, -0.25) is 4.79 Å². The second-order valence-electron chi connectivity index (χ2n) is 3.35. The van der Waals surface area contributed by atoms with Crippen molar-refractivity contribution in [2.24, 2.45) is 0 Å². The second kappa shape index (κ2) is 6.10. The number of benzene rings is 1. The highest BCUT2D eigenvalue weighted by atomic mass is 35.5. The number of carbonyl (C=O) groups excluding carboxylic acids is 2. The van der Waals surface area contributed by atoms with Crippen molar-refractivity contribution in [2.75, 3.05) is 26.0 Å². The van der Waals surface area contributed by atoms with Crippen molar-refractivity contribution in [1.29, 1.82) is 0 Å². The molecular formula is C11H13ClN2O3. The molecule has 1 aromatic rings. The molecular weight excluding hydrogens is 244 g/mol. The third kappa shape index (κ3) is 3.96. The first kappa shape index (κ1) is 13.3. The molecule has 2 amide bonds. The Labute approximate surface area is 104 Å². The van der Waals surface area contributed by atoms with Gasteiger partial charge in [0.2, 0.25) is 5.91 Å². The molecule has 0 aliphatic rings. The summed E-state index contributed by atoms with van der Waals surface area (Å²) in [7, 11) is 2.73. The fraction of sp³-hybridized carbons (Fsp3) is 0.273.